The smallest absolute Gasteiger partial charge is 0.284 e. The molecule has 3 saturated carbocycles. The summed E-state index contributed by atoms with van der Waals surface area (Å²) in [5.74, 6) is 1.38. The van der Waals surface area contributed by atoms with E-state index in [9.17, 15) is 9.59 Å². The summed E-state index contributed by atoms with van der Waals surface area (Å²) in [5, 5.41) is 3.22. The third kappa shape index (κ3) is 4.01. The molecule has 0 spiro atoms. The van der Waals surface area contributed by atoms with E-state index in [1.807, 2.05) is 53.2 Å². The molecule has 0 radical (unpaired) electrons. The Morgan fingerprint density at radius 1 is 1.09 bits per heavy atom. The van der Waals surface area contributed by atoms with Crippen LogP contribution in [0.15, 0.2) is 68.5 Å². The van der Waals surface area contributed by atoms with Crippen molar-refractivity contribution in [2.24, 2.45) is 23.2 Å². The van der Waals surface area contributed by atoms with E-state index in [4.69, 9.17) is 0 Å². The molecule has 0 aliphatic heterocycles. The Kier molecular flexibility index (Phi) is 6.13. The van der Waals surface area contributed by atoms with Crippen molar-refractivity contribution < 1.29 is 4.79 Å². The number of nitrogens with one attached hydrogen (secondary N) is 1. The van der Waals surface area contributed by atoms with Gasteiger partial charge in [-0.3, -0.25) is 14.3 Å². The van der Waals surface area contributed by atoms with Crippen LogP contribution in [0.2, 0.25) is 0 Å². The van der Waals surface area contributed by atoms with E-state index >= 15 is 0 Å². The van der Waals surface area contributed by atoms with Crippen LogP contribution >= 0.6 is 31.9 Å². The zero-order valence-corrected chi connectivity index (χ0v) is 22.8. The number of rotatable bonds is 5. The van der Waals surface area contributed by atoms with Gasteiger partial charge in [0.15, 0.2) is 0 Å². The van der Waals surface area contributed by atoms with E-state index in [-0.39, 0.29) is 23.1 Å². The number of aromatic nitrogens is 2. The number of halogens is 2. The minimum Gasteiger partial charge on any atom is -0.349 e. The molecule has 1 aromatic heterocycles. The van der Waals surface area contributed by atoms with Crippen LogP contribution in [0.1, 0.15) is 49.5 Å². The number of carbonyl (C=O) groups is 1. The van der Waals surface area contributed by atoms with Gasteiger partial charge in [-0.1, -0.05) is 70.8 Å². The van der Waals surface area contributed by atoms with Gasteiger partial charge >= 0.3 is 0 Å². The summed E-state index contributed by atoms with van der Waals surface area (Å²) in [5.41, 5.74) is 1.97. The predicted octanol–water partition coefficient (Wildman–Crippen LogP) is 6.01. The lowest BCUT2D eigenvalue weighted by atomic mass is 9.45. The van der Waals surface area contributed by atoms with Crippen molar-refractivity contribution in [3.8, 4) is 5.69 Å². The number of fused-ring (bicyclic) bond motifs is 2. The monoisotopic (exact) mass is 585 g/mol. The Morgan fingerprint density at radius 2 is 1.79 bits per heavy atom. The fraction of sp³-hybridized carbons (Fsp3) is 0.407. The van der Waals surface area contributed by atoms with Gasteiger partial charge < -0.3 is 5.32 Å². The second-order valence-electron chi connectivity index (χ2n) is 10.4. The molecule has 2 bridgehead atoms. The first-order chi connectivity index (χ1) is 16.2. The highest BCUT2D eigenvalue weighted by atomic mass is 79.9. The zero-order valence-electron chi connectivity index (χ0n) is 19.6. The summed E-state index contributed by atoms with van der Waals surface area (Å²) in [4.78, 5) is 26.9. The van der Waals surface area contributed by atoms with E-state index in [2.05, 4.69) is 57.9 Å². The van der Waals surface area contributed by atoms with Gasteiger partial charge in [-0.25, -0.2) is 4.68 Å². The van der Waals surface area contributed by atoms with Crippen LogP contribution in [-0.4, -0.2) is 21.3 Å². The molecule has 1 heterocycles. The highest BCUT2D eigenvalue weighted by Gasteiger charge is 2.56. The standard InChI is InChI=1S/C27H29Br2N3O2/c1-16-22-12-18(27(22,2)3)13-24(16)30-25(33)21-15-31(14-17-6-4-5-7-23(17)29)32(26(21)34)20-10-8-19(28)9-11-20/h4-11,15-16,18,22,24H,12-14H2,1-3H3,(H,30,33)/t16-,18+,22-,24-/m1/s1. The molecule has 34 heavy (non-hydrogen) atoms. The third-order valence-corrected chi connectivity index (χ3v) is 9.54. The first-order valence-electron chi connectivity index (χ1n) is 11.8. The minimum atomic E-state index is -0.305. The lowest BCUT2D eigenvalue weighted by Crippen LogP contribution is -2.60. The van der Waals surface area contributed by atoms with Crippen molar-refractivity contribution in [2.75, 3.05) is 0 Å². The number of amides is 1. The number of hydrogen-bond acceptors (Lipinski definition) is 2. The maximum Gasteiger partial charge on any atom is 0.284 e. The van der Waals surface area contributed by atoms with Crippen molar-refractivity contribution in [3.05, 3.63) is 85.2 Å². The lowest BCUT2D eigenvalue weighted by Gasteiger charge is -2.62. The highest BCUT2D eigenvalue weighted by molar-refractivity contribution is 9.10. The molecule has 2 aromatic carbocycles. The molecule has 0 unspecified atom stereocenters. The Bertz CT molecular complexity index is 1290. The Hall–Kier alpha value is -2.12. The second kappa shape index (κ2) is 8.83. The maximum atomic E-state index is 13.5. The van der Waals surface area contributed by atoms with E-state index in [0.29, 0.717) is 35.4 Å². The molecular weight excluding hydrogens is 558 g/mol. The third-order valence-electron chi connectivity index (χ3n) is 8.23. The summed E-state index contributed by atoms with van der Waals surface area (Å²) in [6.07, 6.45) is 3.92. The molecule has 7 heteroatoms. The van der Waals surface area contributed by atoms with Crippen LogP contribution in [0.3, 0.4) is 0 Å². The highest BCUT2D eigenvalue weighted by Crippen LogP contribution is 2.61. The van der Waals surface area contributed by atoms with Crippen molar-refractivity contribution >= 4 is 37.8 Å². The van der Waals surface area contributed by atoms with Crippen molar-refractivity contribution in [1.29, 1.82) is 0 Å². The van der Waals surface area contributed by atoms with Crippen LogP contribution in [-0.2, 0) is 6.54 Å². The molecule has 5 nitrogen and oxygen atoms in total. The van der Waals surface area contributed by atoms with Crippen molar-refractivity contribution in [3.63, 3.8) is 0 Å². The topological polar surface area (TPSA) is 56.0 Å². The second-order valence-corrected chi connectivity index (χ2v) is 12.1. The van der Waals surface area contributed by atoms with Gasteiger partial charge in [0.25, 0.3) is 11.5 Å². The summed E-state index contributed by atoms with van der Waals surface area (Å²) in [7, 11) is 0. The summed E-state index contributed by atoms with van der Waals surface area (Å²) < 4.78 is 5.30. The van der Waals surface area contributed by atoms with Gasteiger partial charge in [0.1, 0.15) is 5.56 Å². The largest absolute Gasteiger partial charge is 0.349 e. The Labute approximate surface area is 216 Å². The number of benzene rings is 2. The van der Waals surface area contributed by atoms with Gasteiger partial charge in [-0.15, -0.1) is 0 Å². The summed E-state index contributed by atoms with van der Waals surface area (Å²) >= 11 is 7.06. The van der Waals surface area contributed by atoms with Gasteiger partial charge in [-0.2, -0.15) is 0 Å². The van der Waals surface area contributed by atoms with E-state index in [0.717, 1.165) is 20.9 Å². The molecule has 178 valence electrons. The van der Waals surface area contributed by atoms with Crippen molar-refractivity contribution in [1.82, 2.24) is 14.7 Å². The molecule has 6 rings (SSSR count). The average molecular weight is 587 g/mol. The molecule has 3 aliphatic carbocycles. The molecule has 4 atom stereocenters. The van der Waals surface area contributed by atoms with Crippen LogP contribution in [0, 0.1) is 23.2 Å². The fourth-order valence-corrected chi connectivity index (χ4v) is 6.67. The number of carbonyl (C=O) groups excluding carboxylic acids is 1. The fourth-order valence-electron chi connectivity index (χ4n) is 6.00. The van der Waals surface area contributed by atoms with E-state index < -0.39 is 0 Å². The molecule has 1 amide bonds. The van der Waals surface area contributed by atoms with Gasteiger partial charge in [0.2, 0.25) is 0 Å². The minimum absolute atomic E-state index is 0.108. The SMILES string of the molecule is C[C@@H]1[C@H]2C[C@@H](C[C@H]1NC(=O)c1cn(Cc3ccccc3Br)n(-c3ccc(Br)cc3)c1=O)C2(C)C. The first-order valence-corrected chi connectivity index (χ1v) is 13.4. The van der Waals surface area contributed by atoms with Gasteiger partial charge in [-0.05, 0) is 71.9 Å². The first kappa shape index (κ1) is 23.6. The van der Waals surface area contributed by atoms with Crippen LogP contribution in [0.5, 0.6) is 0 Å². The van der Waals surface area contributed by atoms with E-state index in [1.54, 1.807) is 10.9 Å². The Balaban J connectivity index is 1.48. The molecular formula is C27H29Br2N3O2. The Morgan fingerprint density at radius 3 is 2.44 bits per heavy atom. The molecule has 0 saturated heterocycles. The normalized spacial score (nSPS) is 25.0. The quantitative estimate of drug-likeness (QED) is 0.398. The number of hydrogen-bond donors (Lipinski definition) is 1. The maximum absolute atomic E-state index is 13.5. The molecule has 3 aromatic rings. The molecule has 3 fully saturated rings. The number of nitrogens with zero attached hydrogens (tertiary/aromatic N) is 2. The van der Waals surface area contributed by atoms with Crippen molar-refractivity contribution in [2.45, 2.75) is 46.2 Å². The summed E-state index contributed by atoms with van der Waals surface area (Å²) in [6, 6.07) is 15.6. The van der Waals surface area contributed by atoms with E-state index in [1.165, 1.54) is 6.42 Å². The molecule has 3 aliphatic rings. The lowest BCUT2D eigenvalue weighted by molar-refractivity contribution is -0.113. The van der Waals surface area contributed by atoms with Crippen LogP contribution < -0.4 is 10.9 Å². The summed E-state index contributed by atoms with van der Waals surface area (Å²) in [6.45, 7) is 7.39. The van der Waals surface area contributed by atoms with Crippen LogP contribution in [0.4, 0.5) is 0 Å². The van der Waals surface area contributed by atoms with Crippen LogP contribution in [0.25, 0.3) is 5.69 Å². The van der Waals surface area contributed by atoms with Gasteiger partial charge in [0, 0.05) is 21.2 Å². The van der Waals surface area contributed by atoms with Gasteiger partial charge in [0.05, 0.1) is 12.2 Å². The predicted molar refractivity (Wildman–Crippen MR) is 141 cm³/mol. The average Bonchev–Trinajstić information content (AvgIpc) is 3.12. The zero-order chi connectivity index (χ0) is 24.2. The molecule has 1 N–H and O–H groups in total.